The zero-order valence-corrected chi connectivity index (χ0v) is 17.4. The Morgan fingerprint density at radius 2 is 1.83 bits per heavy atom. The first-order valence-electron chi connectivity index (χ1n) is 9.59. The summed E-state index contributed by atoms with van der Waals surface area (Å²) >= 11 is 0. The minimum atomic E-state index is -0.250. The quantitative estimate of drug-likeness (QED) is 0.500. The number of unbranched alkanes of at least 4 members (excludes halogenated alkanes) is 1. The van der Waals surface area contributed by atoms with Crippen LogP contribution in [0.15, 0.2) is 48.5 Å². The lowest BCUT2D eigenvalue weighted by molar-refractivity contribution is -0.116. The highest BCUT2D eigenvalue weighted by Gasteiger charge is 2.07. The van der Waals surface area contributed by atoms with Gasteiger partial charge in [0.15, 0.2) is 11.5 Å². The molecule has 6 nitrogen and oxygen atoms in total. The smallest absolute Gasteiger partial charge is 0.248 e. The molecule has 1 N–H and O–H groups in total. The van der Waals surface area contributed by atoms with Crippen LogP contribution in [-0.4, -0.2) is 32.6 Å². The van der Waals surface area contributed by atoms with E-state index in [-0.39, 0.29) is 11.8 Å². The second-order valence-electron chi connectivity index (χ2n) is 6.56. The average molecular weight is 396 g/mol. The standard InChI is InChI=1S/C23H28N2O4/c1-5-6-15-29-21-13-7-18(16-22(21)28-4)8-14-23(27)24-19-9-11-20(12-10-19)25(3)17(2)26/h7-14,16H,5-6,15H2,1-4H3,(H,24,27). The maximum Gasteiger partial charge on any atom is 0.248 e. The second kappa shape index (κ2) is 10.9. The molecule has 2 aromatic carbocycles. The Balaban J connectivity index is 1.98. The van der Waals surface area contributed by atoms with Gasteiger partial charge < -0.3 is 19.7 Å². The molecule has 2 aromatic rings. The zero-order valence-electron chi connectivity index (χ0n) is 17.4. The van der Waals surface area contributed by atoms with E-state index in [0.29, 0.717) is 23.8 Å². The molecule has 2 rings (SSSR count). The fraction of sp³-hybridized carbons (Fsp3) is 0.304. The molecule has 0 atom stereocenters. The van der Waals surface area contributed by atoms with Crippen LogP contribution in [0.25, 0.3) is 6.08 Å². The molecule has 0 fully saturated rings. The maximum atomic E-state index is 12.2. The molecule has 0 bridgehead atoms. The van der Waals surface area contributed by atoms with Crippen molar-refractivity contribution in [3.8, 4) is 11.5 Å². The van der Waals surface area contributed by atoms with Gasteiger partial charge in [-0.05, 0) is 54.5 Å². The van der Waals surface area contributed by atoms with E-state index in [4.69, 9.17) is 9.47 Å². The third-order valence-corrected chi connectivity index (χ3v) is 4.36. The van der Waals surface area contributed by atoms with E-state index in [1.54, 1.807) is 44.5 Å². The van der Waals surface area contributed by atoms with Gasteiger partial charge in [-0.2, -0.15) is 0 Å². The minimum absolute atomic E-state index is 0.0538. The number of carbonyl (C=O) groups is 2. The maximum absolute atomic E-state index is 12.2. The third-order valence-electron chi connectivity index (χ3n) is 4.36. The molecule has 6 heteroatoms. The molecule has 0 unspecified atom stereocenters. The molecule has 2 amide bonds. The van der Waals surface area contributed by atoms with Gasteiger partial charge in [-0.15, -0.1) is 0 Å². The summed E-state index contributed by atoms with van der Waals surface area (Å²) in [6.45, 7) is 4.25. The van der Waals surface area contributed by atoms with Crippen molar-refractivity contribution in [2.75, 3.05) is 31.0 Å². The van der Waals surface area contributed by atoms with Crippen LogP contribution in [0, 0.1) is 0 Å². The van der Waals surface area contributed by atoms with Gasteiger partial charge in [0.05, 0.1) is 13.7 Å². The van der Waals surface area contributed by atoms with Crippen molar-refractivity contribution >= 4 is 29.3 Å². The number of hydrogen-bond acceptors (Lipinski definition) is 4. The number of hydrogen-bond donors (Lipinski definition) is 1. The molecular weight excluding hydrogens is 368 g/mol. The molecular formula is C23H28N2O4. The van der Waals surface area contributed by atoms with Crippen molar-refractivity contribution in [1.82, 2.24) is 0 Å². The Morgan fingerprint density at radius 1 is 1.10 bits per heavy atom. The summed E-state index contributed by atoms with van der Waals surface area (Å²) in [5.41, 5.74) is 2.25. The number of amides is 2. The van der Waals surface area contributed by atoms with Crippen LogP contribution in [0.2, 0.25) is 0 Å². The largest absolute Gasteiger partial charge is 0.493 e. The summed E-state index contributed by atoms with van der Waals surface area (Å²) in [7, 11) is 3.29. The Kier molecular flexibility index (Phi) is 8.27. The zero-order chi connectivity index (χ0) is 21.2. The normalized spacial score (nSPS) is 10.6. The molecule has 0 aliphatic carbocycles. The number of methoxy groups -OCH3 is 1. The summed E-state index contributed by atoms with van der Waals surface area (Å²) in [6.07, 6.45) is 5.22. The highest BCUT2D eigenvalue weighted by Crippen LogP contribution is 2.28. The Bertz CT molecular complexity index is 860. The van der Waals surface area contributed by atoms with E-state index in [2.05, 4.69) is 12.2 Å². The number of carbonyl (C=O) groups excluding carboxylic acids is 2. The molecule has 0 aromatic heterocycles. The van der Waals surface area contributed by atoms with Crippen LogP contribution in [-0.2, 0) is 9.59 Å². The molecule has 0 radical (unpaired) electrons. The predicted octanol–water partition coefficient (Wildman–Crippen LogP) is 4.51. The highest BCUT2D eigenvalue weighted by molar-refractivity contribution is 6.02. The molecule has 0 aliphatic heterocycles. The van der Waals surface area contributed by atoms with Crippen molar-refractivity contribution in [1.29, 1.82) is 0 Å². The van der Waals surface area contributed by atoms with E-state index in [1.807, 2.05) is 18.2 Å². The van der Waals surface area contributed by atoms with E-state index in [9.17, 15) is 9.59 Å². The van der Waals surface area contributed by atoms with Crippen LogP contribution in [0.4, 0.5) is 11.4 Å². The lowest BCUT2D eigenvalue weighted by Gasteiger charge is -2.15. The number of ether oxygens (including phenoxy) is 2. The SMILES string of the molecule is CCCCOc1ccc(C=CC(=O)Nc2ccc(N(C)C(C)=O)cc2)cc1OC. The molecule has 29 heavy (non-hydrogen) atoms. The second-order valence-corrected chi connectivity index (χ2v) is 6.56. The van der Waals surface area contributed by atoms with Crippen molar-refractivity contribution in [3.05, 3.63) is 54.1 Å². The molecule has 0 aliphatic rings. The van der Waals surface area contributed by atoms with Gasteiger partial charge in [-0.3, -0.25) is 9.59 Å². The minimum Gasteiger partial charge on any atom is -0.493 e. The average Bonchev–Trinajstić information content (AvgIpc) is 2.73. The summed E-state index contributed by atoms with van der Waals surface area (Å²) in [5.74, 6) is 1.02. The highest BCUT2D eigenvalue weighted by atomic mass is 16.5. The van der Waals surface area contributed by atoms with Crippen LogP contribution < -0.4 is 19.7 Å². The van der Waals surface area contributed by atoms with Crippen LogP contribution in [0.1, 0.15) is 32.3 Å². The van der Waals surface area contributed by atoms with Crippen LogP contribution in [0.5, 0.6) is 11.5 Å². The van der Waals surface area contributed by atoms with E-state index >= 15 is 0 Å². The Labute approximate surface area is 172 Å². The number of rotatable bonds is 9. The molecule has 0 spiro atoms. The fourth-order valence-electron chi connectivity index (χ4n) is 2.54. The van der Waals surface area contributed by atoms with Crippen molar-refractivity contribution in [2.45, 2.75) is 26.7 Å². The first-order valence-corrected chi connectivity index (χ1v) is 9.59. The van der Waals surface area contributed by atoms with Gasteiger partial charge in [0, 0.05) is 31.4 Å². The van der Waals surface area contributed by atoms with E-state index < -0.39 is 0 Å². The van der Waals surface area contributed by atoms with Crippen molar-refractivity contribution in [2.24, 2.45) is 0 Å². The summed E-state index contributed by atoms with van der Waals surface area (Å²) < 4.78 is 11.1. The molecule has 154 valence electrons. The van der Waals surface area contributed by atoms with Gasteiger partial charge in [0.25, 0.3) is 0 Å². The van der Waals surface area contributed by atoms with Crippen LogP contribution >= 0.6 is 0 Å². The number of benzene rings is 2. The monoisotopic (exact) mass is 396 g/mol. The first kappa shape index (κ1) is 22.0. The lowest BCUT2D eigenvalue weighted by Crippen LogP contribution is -2.22. The number of nitrogens with one attached hydrogen (secondary N) is 1. The predicted molar refractivity (Wildman–Crippen MR) is 117 cm³/mol. The third kappa shape index (κ3) is 6.68. The summed E-state index contributed by atoms with van der Waals surface area (Å²) in [4.78, 5) is 25.1. The van der Waals surface area contributed by atoms with Gasteiger partial charge >= 0.3 is 0 Å². The van der Waals surface area contributed by atoms with E-state index in [1.165, 1.54) is 17.9 Å². The van der Waals surface area contributed by atoms with Crippen LogP contribution in [0.3, 0.4) is 0 Å². The van der Waals surface area contributed by atoms with Crippen molar-refractivity contribution < 1.29 is 19.1 Å². The van der Waals surface area contributed by atoms with Gasteiger partial charge in [-0.25, -0.2) is 0 Å². The number of nitrogens with zero attached hydrogens (tertiary/aromatic N) is 1. The van der Waals surface area contributed by atoms with E-state index in [0.717, 1.165) is 24.1 Å². The van der Waals surface area contributed by atoms with Gasteiger partial charge in [0.2, 0.25) is 11.8 Å². The lowest BCUT2D eigenvalue weighted by atomic mass is 10.2. The van der Waals surface area contributed by atoms with Gasteiger partial charge in [-0.1, -0.05) is 19.4 Å². The Morgan fingerprint density at radius 3 is 2.45 bits per heavy atom. The Hall–Kier alpha value is -3.28. The topological polar surface area (TPSA) is 67.9 Å². The number of anilines is 2. The summed E-state index contributed by atoms with van der Waals surface area (Å²) in [5, 5.41) is 2.80. The molecule has 0 heterocycles. The first-order chi connectivity index (χ1) is 13.9. The van der Waals surface area contributed by atoms with Crippen molar-refractivity contribution in [3.63, 3.8) is 0 Å². The molecule has 0 saturated carbocycles. The fourth-order valence-corrected chi connectivity index (χ4v) is 2.54. The summed E-state index contributed by atoms with van der Waals surface area (Å²) in [6, 6.07) is 12.6. The van der Waals surface area contributed by atoms with Gasteiger partial charge in [0.1, 0.15) is 0 Å². The molecule has 0 saturated heterocycles.